The zero-order chi connectivity index (χ0) is 29.3. The van der Waals surface area contributed by atoms with E-state index in [9.17, 15) is 19.5 Å². The summed E-state index contributed by atoms with van der Waals surface area (Å²) in [5.41, 5.74) is 0.611. The smallest absolute Gasteiger partial charge is 0.336 e. The standard InChI is InChI=1S/C21H23N3O3.C6H8O7/c1-16(25)12-23(14-18-5-8-20-21(11-18)27-15-26-20)13-17-3-6-19(7-4-17)24-10-2-9-22-24;7-3(8)1-6(13,5(11)12)2-4(9)10/h2-11,16,25H,12-15H2,1H3;13H,1-2H2,(H,7,8)(H,9,10)(H,11,12). The van der Waals surface area contributed by atoms with Gasteiger partial charge in [0.15, 0.2) is 17.1 Å². The quantitative estimate of drug-likeness (QED) is 0.217. The molecule has 0 aliphatic carbocycles. The van der Waals surface area contributed by atoms with Crippen LogP contribution in [-0.2, 0) is 27.5 Å². The minimum absolute atomic E-state index is 0.277. The Bertz CT molecular complexity index is 1280. The average Bonchev–Trinajstić information content (AvgIpc) is 3.56. The van der Waals surface area contributed by atoms with Gasteiger partial charge >= 0.3 is 17.9 Å². The van der Waals surface area contributed by atoms with E-state index in [1.807, 2.05) is 42.1 Å². The Morgan fingerprint density at radius 2 is 1.57 bits per heavy atom. The van der Waals surface area contributed by atoms with Crippen LogP contribution < -0.4 is 9.47 Å². The molecule has 5 N–H and O–H groups in total. The molecule has 3 aromatic rings. The van der Waals surface area contributed by atoms with Gasteiger partial charge < -0.3 is 35.0 Å². The van der Waals surface area contributed by atoms with E-state index in [0.717, 1.165) is 35.8 Å². The molecule has 40 heavy (non-hydrogen) atoms. The minimum Gasteiger partial charge on any atom is -0.481 e. The number of ether oxygens (including phenoxy) is 2. The molecule has 1 aromatic heterocycles. The van der Waals surface area contributed by atoms with Crippen LogP contribution in [0.2, 0.25) is 0 Å². The average molecular weight is 558 g/mol. The third kappa shape index (κ3) is 8.80. The number of hydrogen-bond acceptors (Lipinski definition) is 9. The number of aliphatic hydroxyl groups is 2. The van der Waals surface area contributed by atoms with Crippen LogP contribution in [0.25, 0.3) is 5.69 Å². The fraction of sp³-hybridized carbons (Fsp3) is 0.333. The lowest BCUT2D eigenvalue weighted by Crippen LogP contribution is -2.42. The van der Waals surface area contributed by atoms with Gasteiger partial charge in [-0.1, -0.05) is 18.2 Å². The number of nitrogens with zero attached hydrogens (tertiary/aromatic N) is 3. The highest BCUT2D eigenvalue weighted by molar-refractivity contribution is 5.88. The molecule has 0 saturated carbocycles. The van der Waals surface area contributed by atoms with Crippen LogP contribution in [0.1, 0.15) is 30.9 Å². The van der Waals surface area contributed by atoms with Gasteiger partial charge in [0.2, 0.25) is 6.79 Å². The largest absolute Gasteiger partial charge is 0.481 e. The predicted molar refractivity (Wildman–Crippen MR) is 139 cm³/mol. The maximum absolute atomic E-state index is 10.3. The van der Waals surface area contributed by atoms with Gasteiger partial charge in [-0.15, -0.1) is 0 Å². The minimum atomic E-state index is -2.74. The Hall–Kier alpha value is -4.46. The summed E-state index contributed by atoms with van der Waals surface area (Å²) in [7, 11) is 0. The van der Waals surface area contributed by atoms with Gasteiger partial charge in [0, 0.05) is 32.0 Å². The molecule has 0 radical (unpaired) electrons. The van der Waals surface area contributed by atoms with Crippen molar-refractivity contribution >= 4 is 17.9 Å². The lowest BCUT2D eigenvalue weighted by Gasteiger charge is -2.24. The van der Waals surface area contributed by atoms with Gasteiger partial charge in [-0.25, -0.2) is 9.48 Å². The molecular weight excluding hydrogens is 526 g/mol. The Labute approximate surface area is 229 Å². The lowest BCUT2D eigenvalue weighted by atomic mass is 9.96. The van der Waals surface area contributed by atoms with E-state index in [4.69, 9.17) is 29.9 Å². The summed E-state index contributed by atoms with van der Waals surface area (Å²) in [5, 5.41) is 48.0. The van der Waals surface area contributed by atoms with E-state index in [2.05, 4.69) is 34.3 Å². The fourth-order valence-electron chi connectivity index (χ4n) is 4.00. The summed E-state index contributed by atoms with van der Waals surface area (Å²) < 4.78 is 12.7. The number of rotatable bonds is 12. The molecule has 0 amide bonds. The molecule has 0 saturated heterocycles. The van der Waals surface area contributed by atoms with Crippen LogP contribution >= 0.6 is 0 Å². The molecule has 1 unspecified atom stereocenters. The first kappa shape index (κ1) is 30.1. The molecule has 13 nitrogen and oxygen atoms in total. The first-order valence-electron chi connectivity index (χ1n) is 12.2. The Kier molecular flexibility index (Phi) is 10.2. The first-order chi connectivity index (χ1) is 18.9. The maximum atomic E-state index is 10.3. The van der Waals surface area contributed by atoms with Crippen molar-refractivity contribution in [2.45, 2.75) is 44.6 Å². The topological polar surface area (TPSA) is 192 Å². The highest BCUT2D eigenvalue weighted by Crippen LogP contribution is 2.33. The summed E-state index contributed by atoms with van der Waals surface area (Å²) in [5.74, 6) is -3.45. The normalized spacial score (nSPS) is 12.9. The number of aliphatic hydroxyl groups excluding tert-OH is 1. The Balaban J connectivity index is 0.000000289. The zero-order valence-electron chi connectivity index (χ0n) is 21.7. The van der Waals surface area contributed by atoms with Crippen molar-refractivity contribution in [3.63, 3.8) is 0 Å². The highest BCUT2D eigenvalue weighted by Gasteiger charge is 2.40. The Morgan fingerprint density at radius 3 is 2.12 bits per heavy atom. The van der Waals surface area contributed by atoms with Crippen LogP contribution in [0.15, 0.2) is 60.9 Å². The predicted octanol–water partition coefficient (Wildman–Crippen LogP) is 1.74. The van der Waals surface area contributed by atoms with Crippen molar-refractivity contribution in [1.29, 1.82) is 0 Å². The first-order valence-corrected chi connectivity index (χ1v) is 12.2. The molecule has 1 atom stereocenters. The third-order valence-corrected chi connectivity index (χ3v) is 5.76. The van der Waals surface area contributed by atoms with Gasteiger partial charge in [0.25, 0.3) is 0 Å². The Morgan fingerprint density at radius 1 is 0.975 bits per heavy atom. The van der Waals surface area contributed by atoms with Crippen molar-refractivity contribution in [3.8, 4) is 17.2 Å². The summed E-state index contributed by atoms with van der Waals surface area (Å²) >= 11 is 0. The second kappa shape index (κ2) is 13.6. The number of benzene rings is 2. The monoisotopic (exact) mass is 557 g/mol. The molecule has 1 aliphatic heterocycles. The number of carbonyl (C=O) groups is 3. The van der Waals surface area contributed by atoms with Crippen LogP contribution in [0.5, 0.6) is 11.5 Å². The van der Waals surface area contributed by atoms with E-state index in [0.29, 0.717) is 6.54 Å². The number of carboxylic acids is 3. The van der Waals surface area contributed by atoms with E-state index in [-0.39, 0.29) is 6.79 Å². The lowest BCUT2D eigenvalue weighted by molar-refractivity contribution is -0.170. The van der Waals surface area contributed by atoms with E-state index in [1.54, 1.807) is 6.20 Å². The summed E-state index contributed by atoms with van der Waals surface area (Å²) in [4.78, 5) is 32.7. The summed E-state index contributed by atoms with van der Waals surface area (Å²) in [6.07, 6.45) is 1.00. The van der Waals surface area contributed by atoms with Crippen molar-refractivity contribution < 1.29 is 49.4 Å². The van der Waals surface area contributed by atoms with Crippen LogP contribution in [-0.4, -0.2) is 83.2 Å². The van der Waals surface area contributed by atoms with Crippen molar-refractivity contribution in [3.05, 3.63) is 72.1 Å². The van der Waals surface area contributed by atoms with Gasteiger partial charge in [0.05, 0.1) is 24.6 Å². The summed E-state index contributed by atoms with van der Waals surface area (Å²) in [6.45, 7) is 4.16. The highest BCUT2D eigenvalue weighted by atomic mass is 16.7. The maximum Gasteiger partial charge on any atom is 0.336 e. The number of carboxylic acid groups (broad SMARTS) is 3. The molecule has 214 valence electrons. The van der Waals surface area contributed by atoms with Gasteiger partial charge in [-0.05, 0) is 48.4 Å². The molecule has 1 aliphatic rings. The number of fused-ring (bicyclic) bond motifs is 1. The molecule has 2 aromatic carbocycles. The van der Waals surface area contributed by atoms with Crippen molar-refractivity contribution in [2.24, 2.45) is 0 Å². The van der Waals surface area contributed by atoms with Crippen LogP contribution in [0.3, 0.4) is 0 Å². The van der Waals surface area contributed by atoms with Crippen molar-refractivity contribution in [1.82, 2.24) is 14.7 Å². The SMILES string of the molecule is CC(O)CN(Cc1ccc(-n2cccn2)cc1)Cc1ccc2c(c1)OCO2.O=C(O)CC(O)(CC(=O)O)C(=O)O. The third-order valence-electron chi connectivity index (χ3n) is 5.76. The molecule has 13 heteroatoms. The van der Waals surface area contributed by atoms with E-state index < -0.39 is 42.5 Å². The molecule has 2 heterocycles. The zero-order valence-corrected chi connectivity index (χ0v) is 21.7. The molecule has 4 rings (SSSR count). The molecular formula is C27H31N3O10. The van der Waals surface area contributed by atoms with E-state index >= 15 is 0 Å². The number of aliphatic carboxylic acids is 3. The van der Waals surface area contributed by atoms with Crippen LogP contribution in [0, 0.1) is 0 Å². The van der Waals surface area contributed by atoms with Crippen molar-refractivity contribution in [2.75, 3.05) is 13.3 Å². The molecule has 0 fully saturated rings. The number of aromatic nitrogens is 2. The van der Waals surface area contributed by atoms with Crippen LogP contribution in [0.4, 0.5) is 0 Å². The molecule has 0 bridgehead atoms. The number of hydrogen-bond donors (Lipinski definition) is 5. The van der Waals surface area contributed by atoms with Gasteiger partial charge in [0.1, 0.15) is 0 Å². The molecule has 0 spiro atoms. The van der Waals surface area contributed by atoms with Gasteiger partial charge in [-0.3, -0.25) is 14.5 Å². The second-order valence-electron chi connectivity index (χ2n) is 9.30. The van der Waals surface area contributed by atoms with Gasteiger partial charge in [-0.2, -0.15) is 5.10 Å². The fourth-order valence-corrected chi connectivity index (χ4v) is 4.00. The second-order valence-corrected chi connectivity index (χ2v) is 9.30. The summed E-state index contributed by atoms with van der Waals surface area (Å²) in [6, 6.07) is 16.2. The van der Waals surface area contributed by atoms with E-state index in [1.165, 1.54) is 5.56 Å².